The van der Waals surface area contributed by atoms with Gasteiger partial charge in [-0.25, -0.2) is 4.79 Å². The van der Waals surface area contributed by atoms with E-state index in [0.29, 0.717) is 11.3 Å². The summed E-state index contributed by atoms with van der Waals surface area (Å²) in [6.07, 6.45) is 1.60. The summed E-state index contributed by atoms with van der Waals surface area (Å²) >= 11 is 0. The molecule has 0 fully saturated rings. The van der Waals surface area contributed by atoms with Crippen LogP contribution in [0.3, 0.4) is 0 Å². The highest BCUT2D eigenvalue weighted by Gasteiger charge is 2.18. The molecule has 2 rings (SSSR count). The Morgan fingerprint density at radius 3 is 2.79 bits per heavy atom. The van der Waals surface area contributed by atoms with E-state index in [0.717, 1.165) is 5.69 Å². The van der Waals surface area contributed by atoms with Crippen LogP contribution >= 0.6 is 0 Å². The summed E-state index contributed by atoms with van der Waals surface area (Å²) < 4.78 is 1.49. The number of benzene rings is 1. The van der Waals surface area contributed by atoms with Crippen molar-refractivity contribution in [1.29, 1.82) is 0 Å². The molecule has 0 saturated carbocycles. The molecule has 0 radical (unpaired) electrons. The molecule has 2 aromatic rings. The van der Waals surface area contributed by atoms with Gasteiger partial charge in [-0.05, 0) is 24.6 Å². The maximum absolute atomic E-state index is 11.7. The third-order valence-corrected chi connectivity index (χ3v) is 3.02. The van der Waals surface area contributed by atoms with Gasteiger partial charge in [0.1, 0.15) is 0 Å². The van der Waals surface area contributed by atoms with E-state index >= 15 is 0 Å². The summed E-state index contributed by atoms with van der Waals surface area (Å²) in [5.74, 6) is -1.74. The van der Waals surface area contributed by atoms with Gasteiger partial charge in [0.25, 0.3) is 0 Å². The van der Waals surface area contributed by atoms with Gasteiger partial charge in [0.15, 0.2) is 0 Å². The fraction of sp³-hybridized carbons (Fsp3) is 0.231. The van der Waals surface area contributed by atoms with E-state index in [-0.39, 0.29) is 12.2 Å². The second-order valence-corrected chi connectivity index (χ2v) is 4.29. The number of nitrogens with one attached hydrogen (secondary N) is 1. The number of nitrogens with two attached hydrogens (primary N) is 1. The molecular weight excluding hydrogens is 246 g/mol. The Hall–Kier alpha value is -2.34. The number of carbonyl (C=O) groups is 1. The lowest BCUT2D eigenvalue weighted by Gasteiger charge is -2.12. The first kappa shape index (κ1) is 13.1. The number of aryl methyl sites for hydroxylation is 1. The number of nitrogens with zero attached hydrogens (tertiary/aromatic N) is 1. The summed E-state index contributed by atoms with van der Waals surface area (Å²) in [5.41, 5.74) is 7.18. The number of imidazole rings is 1. The van der Waals surface area contributed by atoms with Crippen molar-refractivity contribution in [2.75, 3.05) is 6.54 Å². The molecule has 6 nitrogen and oxygen atoms in total. The zero-order chi connectivity index (χ0) is 14.0. The highest BCUT2D eigenvalue weighted by atomic mass is 16.4. The molecule has 1 aromatic heterocycles. The van der Waals surface area contributed by atoms with E-state index in [1.54, 1.807) is 37.4 Å². The van der Waals surface area contributed by atoms with E-state index in [2.05, 4.69) is 4.98 Å². The minimum Gasteiger partial charge on any atom is -0.481 e. The quantitative estimate of drug-likeness (QED) is 0.750. The summed E-state index contributed by atoms with van der Waals surface area (Å²) in [4.78, 5) is 25.4. The maximum Gasteiger partial charge on any atom is 0.330 e. The Balaban J connectivity index is 2.51. The highest BCUT2D eigenvalue weighted by molar-refractivity contribution is 5.76. The first-order valence-corrected chi connectivity index (χ1v) is 5.85. The van der Waals surface area contributed by atoms with Crippen LogP contribution < -0.4 is 11.4 Å². The monoisotopic (exact) mass is 261 g/mol. The molecule has 1 unspecified atom stereocenters. The van der Waals surface area contributed by atoms with E-state index < -0.39 is 11.9 Å². The van der Waals surface area contributed by atoms with Crippen molar-refractivity contribution in [3.05, 3.63) is 52.2 Å². The predicted octanol–water partition coefficient (Wildman–Crippen LogP) is 0.601. The molecule has 1 heterocycles. The highest BCUT2D eigenvalue weighted by Crippen LogP contribution is 2.18. The molecule has 0 saturated heterocycles. The number of carboxylic acid groups (broad SMARTS) is 1. The first-order valence-electron chi connectivity index (χ1n) is 5.85. The summed E-state index contributed by atoms with van der Waals surface area (Å²) in [6, 6.07) is 6.84. The van der Waals surface area contributed by atoms with Crippen LogP contribution in [0, 0.1) is 6.92 Å². The summed E-state index contributed by atoms with van der Waals surface area (Å²) in [7, 11) is 0. The molecule has 0 bridgehead atoms. The van der Waals surface area contributed by atoms with Crippen LogP contribution in [0.5, 0.6) is 0 Å². The van der Waals surface area contributed by atoms with Gasteiger partial charge in [-0.1, -0.05) is 12.1 Å². The van der Waals surface area contributed by atoms with Crippen molar-refractivity contribution in [3.63, 3.8) is 0 Å². The minimum atomic E-state index is -0.974. The lowest BCUT2D eigenvalue weighted by atomic mass is 9.99. The Morgan fingerprint density at radius 2 is 2.26 bits per heavy atom. The van der Waals surface area contributed by atoms with Crippen molar-refractivity contribution in [3.8, 4) is 5.69 Å². The Labute approximate surface area is 109 Å². The Morgan fingerprint density at radius 1 is 1.53 bits per heavy atom. The molecule has 0 aliphatic rings. The Kier molecular flexibility index (Phi) is 3.52. The smallest absolute Gasteiger partial charge is 0.330 e. The maximum atomic E-state index is 11.7. The van der Waals surface area contributed by atoms with E-state index in [4.69, 9.17) is 10.8 Å². The molecule has 19 heavy (non-hydrogen) atoms. The fourth-order valence-corrected chi connectivity index (χ4v) is 2.04. The summed E-state index contributed by atoms with van der Waals surface area (Å²) in [5, 5.41) is 9.10. The van der Waals surface area contributed by atoms with Crippen LogP contribution in [0.15, 0.2) is 35.3 Å². The van der Waals surface area contributed by atoms with Crippen LogP contribution in [0.4, 0.5) is 0 Å². The van der Waals surface area contributed by atoms with Gasteiger partial charge in [0.2, 0.25) is 0 Å². The average Bonchev–Trinajstić information content (AvgIpc) is 2.70. The van der Waals surface area contributed by atoms with Crippen LogP contribution in [-0.4, -0.2) is 27.2 Å². The van der Waals surface area contributed by atoms with E-state index in [1.165, 1.54) is 4.57 Å². The number of aromatic nitrogens is 2. The topological polar surface area (TPSA) is 101 Å². The van der Waals surface area contributed by atoms with Crippen molar-refractivity contribution >= 4 is 5.97 Å². The normalized spacial score (nSPS) is 12.3. The van der Waals surface area contributed by atoms with Crippen LogP contribution in [0.25, 0.3) is 5.69 Å². The number of H-pyrrole nitrogens is 1. The van der Waals surface area contributed by atoms with Crippen molar-refractivity contribution in [2.45, 2.75) is 12.8 Å². The first-order chi connectivity index (χ1) is 9.04. The van der Waals surface area contributed by atoms with Gasteiger partial charge < -0.3 is 15.8 Å². The molecule has 1 aromatic carbocycles. The van der Waals surface area contributed by atoms with Gasteiger partial charge in [-0.15, -0.1) is 0 Å². The number of rotatable bonds is 4. The van der Waals surface area contributed by atoms with Gasteiger partial charge in [0.05, 0.1) is 11.6 Å². The molecule has 100 valence electrons. The SMILES string of the molecule is Cc1c[nH]c(=O)n1-c1cccc(C(CN)C(=O)O)c1. The third kappa shape index (κ3) is 2.43. The van der Waals surface area contributed by atoms with Crippen molar-refractivity contribution in [1.82, 2.24) is 9.55 Å². The second kappa shape index (κ2) is 5.11. The number of aliphatic carboxylic acids is 1. The zero-order valence-electron chi connectivity index (χ0n) is 10.5. The molecule has 4 N–H and O–H groups in total. The zero-order valence-corrected chi connectivity index (χ0v) is 10.5. The van der Waals surface area contributed by atoms with E-state index in [9.17, 15) is 9.59 Å². The van der Waals surface area contributed by atoms with Gasteiger partial charge >= 0.3 is 11.7 Å². The average molecular weight is 261 g/mol. The number of aromatic amines is 1. The van der Waals surface area contributed by atoms with Crippen LogP contribution in [-0.2, 0) is 4.79 Å². The van der Waals surface area contributed by atoms with Gasteiger partial charge in [-0.2, -0.15) is 0 Å². The lowest BCUT2D eigenvalue weighted by Crippen LogP contribution is -2.22. The lowest BCUT2D eigenvalue weighted by molar-refractivity contribution is -0.138. The minimum absolute atomic E-state index is 0.0137. The van der Waals surface area contributed by atoms with Crippen molar-refractivity contribution in [2.24, 2.45) is 5.73 Å². The summed E-state index contributed by atoms with van der Waals surface area (Å²) in [6.45, 7) is 1.81. The second-order valence-electron chi connectivity index (χ2n) is 4.29. The predicted molar refractivity (Wildman–Crippen MR) is 70.6 cm³/mol. The largest absolute Gasteiger partial charge is 0.481 e. The molecule has 0 spiro atoms. The molecular formula is C13H15N3O3. The van der Waals surface area contributed by atoms with Gasteiger partial charge in [0, 0.05) is 18.4 Å². The number of hydrogen-bond donors (Lipinski definition) is 3. The molecule has 0 aliphatic carbocycles. The third-order valence-electron chi connectivity index (χ3n) is 3.02. The van der Waals surface area contributed by atoms with Crippen LogP contribution in [0.1, 0.15) is 17.2 Å². The van der Waals surface area contributed by atoms with Crippen molar-refractivity contribution < 1.29 is 9.90 Å². The fourth-order valence-electron chi connectivity index (χ4n) is 2.04. The number of carboxylic acids is 1. The van der Waals surface area contributed by atoms with Gasteiger partial charge in [-0.3, -0.25) is 9.36 Å². The standard InChI is InChI=1S/C13H15N3O3/c1-8-7-15-13(19)16(8)10-4-2-3-9(5-10)11(6-14)12(17)18/h2-5,7,11H,6,14H2,1H3,(H,15,19)(H,17,18). The molecule has 0 amide bonds. The Bertz CT molecular complexity index is 657. The molecule has 1 atom stereocenters. The number of hydrogen-bond acceptors (Lipinski definition) is 3. The van der Waals surface area contributed by atoms with Crippen LogP contribution in [0.2, 0.25) is 0 Å². The molecule has 6 heteroatoms. The van der Waals surface area contributed by atoms with E-state index in [1.807, 2.05) is 0 Å². The molecule has 0 aliphatic heterocycles.